The molecule has 0 unspecified atom stereocenters. The van der Waals surface area contributed by atoms with E-state index in [1.165, 1.54) is 10.5 Å². The van der Waals surface area contributed by atoms with Gasteiger partial charge in [-0.25, -0.2) is 13.2 Å². The number of nitrogens with one attached hydrogen (secondary N) is 1. The number of carbonyl (C=O) groups excluding carboxylic acids is 1. The molecule has 0 aliphatic carbocycles. The first-order chi connectivity index (χ1) is 11.5. The zero-order valence-electron chi connectivity index (χ0n) is 15.5. The summed E-state index contributed by atoms with van der Waals surface area (Å²) in [5, 5.41) is 2.76. The second kappa shape index (κ2) is 11.3. The van der Waals surface area contributed by atoms with E-state index in [1.54, 1.807) is 0 Å². The molecule has 25 heavy (non-hydrogen) atoms. The molecule has 1 rings (SSSR count). The third kappa shape index (κ3) is 10.3. The molecule has 0 aliphatic heterocycles. The van der Waals surface area contributed by atoms with Crippen LogP contribution in [0, 0.1) is 13.8 Å². The molecule has 0 bridgehead atoms. The van der Waals surface area contributed by atoms with E-state index in [4.69, 9.17) is 4.74 Å². The van der Waals surface area contributed by atoms with E-state index < -0.39 is 10.4 Å². The van der Waals surface area contributed by atoms with E-state index in [1.807, 2.05) is 13.0 Å². The standard InChI is InChI=1S/C15H23NO2S.CH4O4S/c1-6-7-8-16-15(17)18-13-9-12(3)14(19(4)5)10-11(13)2;1-5-6(2,3)4/h9-10H,6-8H2,1-5H3;1H3,(H,2,3,4). The third-order valence-electron chi connectivity index (χ3n) is 3.12. The van der Waals surface area contributed by atoms with E-state index in [2.05, 4.69) is 41.9 Å². The van der Waals surface area contributed by atoms with Crippen molar-refractivity contribution in [3.05, 3.63) is 23.3 Å². The van der Waals surface area contributed by atoms with Gasteiger partial charge in [0.2, 0.25) is 10.4 Å². The first-order valence-corrected chi connectivity index (χ1v) is 11.0. The summed E-state index contributed by atoms with van der Waals surface area (Å²) in [4.78, 5) is 13.0. The summed E-state index contributed by atoms with van der Waals surface area (Å²) in [6.45, 7) is 6.79. The maximum Gasteiger partial charge on any atom is 0.412 e. The van der Waals surface area contributed by atoms with Crippen LogP contribution >= 0.6 is 0 Å². The second-order valence-corrected chi connectivity index (χ2v) is 8.67. The van der Waals surface area contributed by atoms with Gasteiger partial charge in [0.1, 0.15) is 18.3 Å². The molecule has 0 saturated carbocycles. The summed E-state index contributed by atoms with van der Waals surface area (Å²) in [5.74, 6) is 0.653. The zero-order valence-corrected chi connectivity index (χ0v) is 17.2. The number of benzene rings is 1. The molecule has 0 radical (unpaired) electrons. The summed E-state index contributed by atoms with van der Waals surface area (Å²) in [7, 11) is -3.39. The molecule has 1 amide bonds. The van der Waals surface area contributed by atoms with Crippen molar-refractivity contribution in [2.75, 3.05) is 26.2 Å². The first kappa shape index (κ1) is 23.7. The number of rotatable bonds is 6. The molecule has 9 heteroatoms. The van der Waals surface area contributed by atoms with E-state index >= 15 is 0 Å². The fraction of sp³-hybridized carbons (Fsp3) is 0.562. The molecule has 0 aromatic heterocycles. The topological polar surface area (TPSA) is 105 Å². The average Bonchev–Trinajstić information content (AvgIpc) is 2.50. The van der Waals surface area contributed by atoms with Gasteiger partial charge in [-0.3, -0.25) is 4.18 Å². The highest BCUT2D eigenvalue weighted by Gasteiger charge is 2.16. The van der Waals surface area contributed by atoms with Crippen LogP contribution in [0.4, 0.5) is 4.79 Å². The van der Waals surface area contributed by atoms with Gasteiger partial charge >= 0.3 is 6.09 Å². The highest BCUT2D eigenvalue weighted by Crippen LogP contribution is 2.26. The Labute approximate surface area is 153 Å². The van der Waals surface area contributed by atoms with Crippen LogP contribution in [0.5, 0.6) is 5.75 Å². The van der Waals surface area contributed by atoms with Gasteiger partial charge in [0.05, 0.1) is 7.11 Å². The van der Waals surface area contributed by atoms with Gasteiger partial charge in [-0.15, -0.1) is 0 Å². The van der Waals surface area contributed by atoms with Crippen molar-refractivity contribution in [2.45, 2.75) is 38.5 Å². The lowest BCUT2D eigenvalue weighted by Gasteiger charge is -2.11. The minimum atomic E-state index is -4.41. The van der Waals surface area contributed by atoms with Crippen molar-refractivity contribution in [1.82, 2.24) is 5.32 Å². The Bertz CT molecular complexity index is 659. The SMILES string of the molecule is CCCCNC(=O)Oc1cc(C)c([S+](C)C)cc1C.COS(=O)(=O)[O-]. The van der Waals surface area contributed by atoms with Crippen LogP contribution < -0.4 is 10.1 Å². The minimum absolute atomic E-state index is 0.216. The Balaban J connectivity index is 0.000000823. The summed E-state index contributed by atoms with van der Waals surface area (Å²) < 4.78 is 36.4. The molecular weight excluding hydrogens is 366 g/mol. The quantitative estimate of drug-likeness (QED) is 0.345. The molecule has 0 atom stereocenters. The van der Waals surface area contributed by atoms with Crippen molar-refractivity contribution in [2.24, 2.45) is 0 Å². The largest absolute Gasteiger partial charge is 0.726 e. The van der Waals surface area contributed by atoms with Crippen molar-refractivity contribution in [3.8, 4) is 5.75 Å². The van der Waals surface area contributed by atoms with E-state index in [0.717, 1.165) is 25.5 Å². The van der Waals surface area contributed by atoms with Crippen molar-refractivity contribution < 1.29 is 26.7 Å². The summed E-state index contributed by atoms with van der Waals surface area (Å²) in [5.41, 5.74) is 2.18. The lowest BCUT2D eigenvalue weighted by atomic mass is 10.1. The van der Waals surface area contributed by atoms with Gasteiger partial charge in [0, 0.05) is 29.1 Å². The Morgan fingerprint density at radius 2 is 1.80 bits per heavy atom. The zero-order chi connectivity index (χ0) is 19.6. The molecule has 0 heterocycles. The number of aryl methyl sites for hydroxylation is 2. The Hall–Kier alpha value is -1.29. The van der Waals surface area contributed by atoms with Crippen LogP contribution in [0.2, 0.25) is 0 Å². The maximum absolute atomic E-state index is 11.6. The normalized spacial score (nSPS) is 10.9. The van der Waals surface area contributed by atoms with Gasteiger partial charge in [-0.1, -0.05) is 13.3 Å². The monoisotopic (exact) mass is 393 g/mol. The van der Waals surface area contributed by atoms with Gasteiger partial charge in [0.25, 0.3) is 0 Å². The number of hydrogen-bond acceptors (Lipinski definition) is 6. The molecular formula is C16H27NO6S2. The predicted molar refractivity (Wildman–Crippen MR) is 99.0 cm³/mol. The van der Waals surface area contributed by atoms with Crippen LogP contribution in [0.25, 0.3) is 0 Å². The Morgan fingerprint density at radius 1 is 1.24 bits per heavy atom. The molecule has 1 N–H and O–H groups in total. The fourth-order valence-electron chi connectivity index (χ4n) is 1.82. The molecule has 0 spiro atoms. The van der Waals surface area contributed by atoms with E-state index in [0.29, 0.717) is 12.3 Å². The van der Waals surface area contributed by atoms with Gasteiger partial charge in [-0.2, -0.15) is 0 Å². The molecule has 7 nitrogen and oxygen atoms in total. The molecule has 0 saturated heterocycles. The number of amides is 1. The van der Waals surface area contributed by atoms with Crippen LogP contribution in [-0.4, -0.2) is 45.2 Å². The summed E-state index contributed by atoms with van der Waals surface area (Å²) in [6, 6.07) is 4.07. The number of unbranched alkanes of at least 4 members (excludes halogenated alkanes) is 1. The van der Waals surface area contributed by atoms with Gasteiger partial charge in [0.15, 0.2) is 4.90 Å². The van der Waals surface area contributed by atoms with Gasteiger partial charge < -0.3 is 14.6 Å². The smallest absolute Gasteiger partial charge is 0.412 e. The average molecular weight is 394 g/mol. The van der Waals surface area contributed by atoms with Crippen LogP contribution in [0.3, 0.4) is 0 Å². The van der Waals surface area contributed by atoms with Crippen LogP contribution in [-0.2, 0) is 25.5 Å². The fourth-order valence-corrected chi connectivity index (χ4v) is 2.93. The van der Waals surface area contributed by atoms with Crippen LogP contribution in [0.1, 0.15) is 30.9 Å². The molecule has 1 aromatic rings. The molecule has 0 fully saturated rings. The first-order valence-electron chi connectivity index (χ1n) is 7.67. The summed E-state index contributed by atoms with van der Waals surface area (Å²) >= 11 is 0. The van der Waals surface area contributed by atoms with E-state index in [9.17, 15) is 17.8 Å². The lowest BCUT2D eigenvalue weighted by molar-refractivity contribution is 0.200. The highest BCUT2D eigenvalue weighted by atomic mass is 32.3. The van der Waals surface area contributed by atoms with Crippen LogP contribution in [0.15, 0.2) is 17.0 Å². The Morgan fingerprint density at radius 3 is 2.24 bits per heavy atom. The third-order valence-corrected chi connectivity index (χ3v) is 4.85. The Kier molecular flexibility index (Phi) is 10.8. The lowest BCUT2D eigenvalue weighted by Crippen LogP contribution is -2.27. The molecule has 144 valence electrons. The maximum atomic E-state index is 11.6. The summed E-state index contributed by atoms with van der Waals surface area (Å²) in [6.07, 6.45) is 6.05. The number of ether oxygens (including phenoxy) is 1. The molecule has 0 aliphatic rings. The van der Waals surface area contributed by atoms with Crippen molar-refractivity contribution in [1.29, 1.82) is 0 Å². The highest BCUT2D eigenvalue weighted by molar-refractivity contribution is 7.95. The van der Waals surface area contributed by atoms with E-state index in [-0.39, 0.29) is 17.0 Å². The molecule has 1 aromatic carbocycles. The number of carbonyl (C=O) groups is 1. The second-order valence-electron chi connectivity index (χ2n) is 5.44. The van der Waals surface area contributed by atoms with Gasteiger partial charge in [-0.05, 0) is 31.9 Å². The predicted octanol–water partition coefficient (Wildman–Crippen LogP) is 2.52. The minimum Gasteiger partial charge on any atom is -0.726 e. The van der Waals surface area contributed by atoms with Crippen molar-refractivity contribution >= 4 is 27.4 Å². The number of hydrogen-bond donors (Lipinski definition) is 1. The van der Waals surface area contributed by atoms with Crippen molar-refractivity contribution in [3.63, 3.8) is 0 Å².